The van der Waals surface area contributed by atoms with E-state index in [0.717, 1.165) is 5.69 Å². The molecule has 0 atom stereocenters. The molecular formula is C18H18IrNO2S. The number of fused-ring (bicyclic) bond motifs is 1. The number of aromatic nitrogens is 1. The molecule has 0 unspecified atom stereocenters. The third-order valence-corrected chi connectivity index (χ3v) is 3.48. The fourth-order valence-electron chi connectivity index (χ4n) is 1.62. The number of thiophene rings is 1. The Balaban J connectivity index is 0.000000281. The SMILES string of the molecule is CC(C)=O.C[C](=O)[Ir].c1ccc(-c2cc3ccccc3s2)nc1. The molecule has 0 aliphatic heterocycles. The van der Waals surface area contributed by atoms with Crippen LogP contribution in [0.4, 0.5) is 0 Å². The number of carbonyl (C=O) groups excluding carboxylic acids is 2. The van der Waals surface area contributed by atoms with E-state index in [0.29, 0.717) is 0 Å². The summed E-state index contributed by atoms with van der Waals surface area (Å²) in [6.45, 7) is 4.58. The van der Waals surface area contributed by atoms with E-state index in [2.05, 4.69) is 35.3 Å². The number of Topliss-reactive ketones (excluding diaryl/α,β-unsaturated/α-hetero) is 1. The molecule has 2 aromatic heterocycles. The summed E-state index contributed by atoms with van der Waals surface area (Å²) in [5, 5.41) is 1.29. The maximum absolute atomic E-state index is 9.44. The largest absolute Gasteiger partial charge is 0.255 e. The molecule has 0 saturated heterocycles. The third-order valence-electron chi connectivity index (χ3n) is 2.34. The Morgan fingerprint density at radius 2 is 1.57 bits per heavy atom. The molecule has 3 nitrogen and oxygen atoms in total. The topological polar surface area (TPSA) is 47.0 Å². The van der Waals surface area contributed by atoms with Crippen LogP contribution in [0.1, 0.15) is 20.8 Å². The molecule has 0 amide bonds. The van der Waals surface area contributed by atoms with Crippen molar-refractivity contribution in [3.05, 3.63) is 54.7 Å². The molecule has 0 aliphatic rings. The zero-order valence-electron chi connectivity index (χ0n) is 13.2. The van der Waals surface area contributed by atoms with E-state index in [1.54, 1.807) is 11.3 Å². The Morgan fingerprint density at radius 3 is 2.09 bits per heavy atom. The van der Waals surface area contributed by atoms with Crippen molar-refractivity contribution >= 4 is 31.5 Å². The number of hydrogen-bond acceptors (Lipinski definition) is 4. The first kappa shape index (κ1) is 19.4. The number of ketones is 1. The second kappa shape index (κ2) is 10.2. The Bertz CT molecular complexity index is 716. The number of pyridine rings is 1. The van der Waals surface area contributed by atoms with Crippen molar-refractivity contribution in [2.75, 3.05) is 0 Å². The summed E-state index contributed by atoms with van der Waals surface area (Å²) < 4.78 is 1.48. The van der Waals surface area contributed by atoms with E-state index in [-0.39, 0.29) is 10.1 Å². The van der Waals surface area contributed by atoms with Crippen molar-refractivity contribution in [3.8, 4) is 10.6 Å². The van der Waals surface area contributed by atoms with Crippen LogP contribution in [0.3, 0.4) is 0 Å². The Morgan fingerprint density at radius 1 is 1.00 bits per heavy atom. The number of rotatable bonds is 1. The summed E-state index contributed by atoms with van der Waals surface area (Å²) in [5.41, 5.74) is 1.05. The Hall–Kier alpha value is -1.68. The number of carbonyl (C=O) groups is 2. The minimum absolute atomic E-state index is 0.167. The minimum Gasteiger partial charge on any atom is -0.255 e. The summed E-state index contributed by atoms with van der Waals surface area (Å²) in [4.78, 5) is 24.5. The van der Waals surface area contributed by atoms with Gasteiger partial charge in [0.2, 0.25) is 0 Å². The van der Waals surface area contributed by atoms with Crippen molar-refractivity contribution in [1.82, 2.24) is 4.98 Å². The monoisotopic (exact) mass is 505 g/mol. The van der Waals surface area contributed by atoms with Crippen LogP contribution in [-0.2, 0) is 28.5 Å². The van der Waals surface area contributed by atoms with E-state index in [1.165, 1.54) is 54.6 Å². The summed E-state index contributed by atoms with van der Waals surface area (Å²) in [6.07, 6.45) is 1.83. The first-order valence-electron chi connectivity index (χ1n) is 6.91. The smallest absolute Gasteiger partial charge is 0.0802 e. The number of nitrogens with zero attached hydrogens (tertiary/aromatic N) is 1. The predicted octanol–water partition coefficient (Wildman–Crippen LogP) is 4.64. The molecular weight excluding hydrogens is 486 g/mol. The van der Waals surface area contributed by atoms with E-state index in [4.69, 9.17) is 0 Å². The maximum Gasteiger partial charge on any atom is 0.0802 e. The van der Waals surface area contributed by atoms with Gasteiger partial charge in [-0.05, 0) is 43.5 Å². The molecule has 3 rings (SSSR count). The van der Waals surface area contributed by atoms with Crippen molar-refractivity contribution in [2.24, 2.45) is 0 Å². The summed E-state index contributed by atoms with van der Waals surface area (Å²) >= 11 is 3.32. The number of hydrogen-bond donors (Lipinski definition) is 0. The van der Waals surface area contributed by atoms with Crippen LogP contribution in [0, 0.1) is 0 Å². The van der Waals surface area contributed by atoms with Gasteiger partial charge in [-0.15, -0.1) is 11.3 Å². The van der Waals surface area contributed by atoms with Gasteiger partial charge >= 0.3 is 34.9 Å². The van der Waals surface area contributed by atoms with Gasteiger partial charge in [0.1, 0.15) is 5.78 Å². The van der Waals surface area contributed by atoms with Gasteiger partial charge < -0.3 is 4.79 Å². The van der Waals surface area contributed by atoms with Crippen LogP contribution in [0.15, 0.2) is 54.7 Å². The second-order valence-electron chi connectivity index (χ2n) is 4.71. The van der Waals surface area contributed by atoms with Crippen LogP contribution < -0.4 is 0 Å². The van der Waals surface area contributed by atoms with Gasteiger partial charge in [-0.3, -0.25) is 4.98 Å². The minimum atomic E-state index is 0.167. The average Bonchev–Trinajstić information content (AvgIpc) is 2.91. The van der Waals surface area contributed by atoms with Crippen molar-refractivity contribution in [2.45, 2.75) is 20.8 Å². The third kappa shape index (κ3) is 7.93. The normalized spacial score (nSPS) is 9.26. The molecule has 0 saturated carbocycles. The molecule has 0 radical (unpaired) electrons. The fraction of sp³-hybridized carbons (Fsp3) is 0.167. The summed E-state index contributed by atoms with van der Waals surface area (Å²) in [7, 11) is 0. The summed E-state index contributed by atoms with van der Waals surface area (Å²) in [5.74, 6) is 0.167. The van der Waals surface area contributed by atoms with Gasteiger partial charge in [0, 0.05) is 10.9 Å². The van der Waals surface area contributed by atoms with Gasteiger partial charge in [-0.25, -0.2) is 0 Å². The van der Waals surface area contributed by atoms with E-state index in [1.807, 2.05) is 24.4 Å². The molecule has 1 aromatic carbocycles. The second-order valence-corrected chi connectivity index (χ2v) is 7.48. The van der Waals surface area contributed by atoms with Crippen LogP contribution in [0.5, 0.6) is 0 Å². The van der Waals surface area contributed by atoms with Crippen LogP contribution in [-0.4, -0.2) is 15.1 Å². The molecule has 0 spiro atoms. The van der Waals surface area contributed by atoms with Crippen LogP contribution in [0.2, 0.25) is 0 Å². The van der Waals surface area contributed by atoms with E-state index < -0.39 is 0 Å². The van der Waals surface area contributed by atoms with Crippen LogP contribution in [0.25, 0.3) is 20.7 Å². The molecule has 23 heavy (non-hydrogen) atoms. The van der Waals surface area contributed by atoms with Gasteiger partial charge in [0.25, 0.3) is 0 Å². The number of benzene rings is 1. The summed E-state index contributed by atoms with van der Waals surface area (Å²) in [6, 6.07) is 16.6. The van der Waals surface area contributed by atoms with Gasteiger partial charge in [-0.2, -0.15) is 0 Å². The molecule has 2 heterocycles. The van der Waals surface area contributed by atoms with Crippen molar-refractivity contribution < 1.29 is 28.5 Å². The quantitative estimate of drug-likeness (QED) is 0.485. The Kier molecular flexibility index (Phi) is 8.56. The predicted molar refractivity (Wildman–Crippen MR) is 92.1 cm³/mol. The zero-order valence-corrected chi connectivity index (χ0v) is 16.4. The van der Waals surface area contributed by atoms with E-state index in [9.17, 15) is 9.59 Å². The molecule has 122 valence electrons. The average molecular weight is 505 g/mol. The van der Waals surface area contributed by atoms with E-state index >= 15 is 0 Å². The molecule has 0 bridgehead atoms. The van der Waals surface area contributed by atoms with Crippen LogP contribution >= 0.6 is 11.3 Å². The molecule has 0 fully saturated rings. The fourth-order valence-corrected chi connectivity index (χ4v) is 2.66. The first-order valence-corrected chi connectivity index (χ1v) is 8.92. The van der Waals surface area contributed by atoms with Crippen molar-refractivity contribution in [3.63, 3.8) is 0 Å². The Labute approximate surface area is 150 Å². The first-order chi connectivity index (χ1) is 10.9. The standard InChI is InChI=1S/C13H9NS.C3H6O.C2H3O.Ir/c1-2-7-12-10(5-1)9-13(15-12)11-6-3-4-8-14-11;1-3(2)4;1-2-3;/h1-9H;1-2H3;1H3;. The van der Waals surface area contributed by atoms with Gasteiger partial charge in [0.05, 0.1) is 10.6 Å². The molecule has 0 aliphatic carbocycles. The van der Waals surface area contributed by atoms with Crippen molar-refractivity contribution in [1.29, 1.82) is 0 Å². The maximum atomic E-state index is 9.44. The molecule has 3 aromatic rings. The van der Waals surface area contributed by atoms with Gasteiger partial charge in [0.15, 0.2) is 0 Å². The van der Waals surface area contributed by atoms with Gasteiger partial charge in [-0.1, -0.05) is 24.3 Å². The zero-order chi connectivity index (χ0) is 17.2. The molecule has 0 N–H and O–H groups in total. The molecule has 5 heteroatoms.